The lowest BCUT2D eigenvalue weighted by Gasteiger charge is -2.03. The number of rotatable bonds is 2. The summed E-state index contributed by atoms with van der Waals surface area (Å²) >= 11 is 9.38. The molecule has 23 heavy (non-hydrogen) atoms. The highest BCUT2D eigenvalue weighted by molar-refractivity contribution is 9.10. The number of aromatic amines is 1. The predicted molar refractivity (Wildman–Crippen MR) is 95.0 cm³/mol. The molecule has 6 heteroatoms. The van der Waals surface area contributed by atoms with Gasteiger partial charge in [-0.2, -0.15) is 5.26 Å². The highest BCUT2D eigenvalue weighted by Gasteiger charge is 2.09. The van der Waals surface area contributed by atoms with Crippen LogP contribution in [0.2, 0.25) is 5.02 Å². The van der Waals surface area contributed by atoms with Crippen LogP contribution in [0.1, 0.15) is 11.4 Å². The Labute approximate surface area is 145 Å². The molecular formula is C17H9BrClN3O. The van der Waals surface area contributed by atoms with E-state index in [1.54, 1.807) is 24.3 Å². The summed E-state index contributed by atoms with van der Waals surface area (Å²) in [7, 11) is 0. The van der Waals surface area contributed by atoms with Gasteiger partial charge in [-0.25, -0.2) is 4.98 Å². The summed E-state index contributed by atoms with van der Waals surface area (Å²) in [5, 5.41) is 10.3. The van der Waals surface area contributed by atoms with E-state index < -0.39 is 0 Å². The fourth-order valence-corrected chi connectivity index (χ4v) is 2.71. The number of hydrogen-bond donors (Lipinski definition) is 1. The van der Waals surface area contributed by atoms with Gasteiger partial charge in [-0.3, -0.25) is 4.79 Å². The lowest BCUT2D eigenvalue weighted by molar-refractivity contribution is 1.13. The molecule has 0 unspecified atom stereocenters. The third kappa shape index (κ3) is 3.19. The zero-order chi connectivity index (χ0) is 16.4. The first-order valence-electron chi connectivity index (χ1n) is 6.65. The van der Waals surface area contributed by atoms with Crippen molar-refractivity contribution < 1.29 is 0 Å². The van der Waals surface area contributed by atoms with Crippen LogP contribution in [0.5, 0.6) is 0 Å². The Balaban J connectivity index is 2.20. The molecule has 0 radical (unpaired) electrons. The molecule has 0 saturated heterocycles. The van der Waals surface area contributed by atoms with E-state index in [0.29, 0.717) is 15.9 Å². The Morgan fingerprint density at radius 1 is 1.30 bits per heavy atom. The lowest BCUT2D eigenvalue weighted by Crippen LogP contribution is -2.11. The van der Waals surface area contributed by atoms with Crippen LogP contribution in [0.3, 0.4) is 0 Å². The van der Waals surface area contributed by atoms with Crippen molar-refractivity contribution in [3.63, 3.8) is 0 Å². The first-order chi connectivity index (χ1) is 11.1. The summed E-state index contributed by atoms with van der Waals surface area (Å²) in [6.45, 7) is 0. The van der Waals surface area contributed by atoms with Gasteiger partial charge in [-0.15, -0.1) is 0 Å². The maximum Gasteiger partial charge on any atom is 0.259 e. The van der Waals surface area contributed by atoms with E-state index in [9.17, 15) is 10.1 Å². The van der Waals surface area contributed by atoms with Crippen LogP contribution in [0.4, 0.5) is 0 Å². The molecule has 0 amide bonds. The molecule has 3 rings (SSSR count). The normalized spacial score (nSPS) is 11.4. The average molecular weight is 387 g/mol. The number of aromatic nitrogens is 2. The summed E-state index contributed by atoms with van der Waals surface area (Å²) < 4.78 is 0.846. The number of benzene rings is 2. The second-order valence-electron chi connectivity index (χ2n) is 4.77. The number of H-pyrrole nitrogens is 1. The third-order valence-electron chi connectivity index (χ3n) is 3.25. The number of nitrogens with zero attached hydrogens (tertiary/aromatic N) is 2. The van der Waals surface area contributed by atoms with Gasteiger partial charge in [-0.05, 0) is 35.9 Å². The van der Waals surface area contributed by atoms with Crippen molar-refractivity contribution in [3.05, 3.63) is 73.7 Å². The second-order valence-corrected chi connectivity index (χ2v) is 6.06. The first-order valence-corrected chi connectivity index (χ1v) is 7.82. The van der Waals surface area contributed by atoms with E-state index in [0.717, 1.165) is 10.0 Å². The molecule has 2 aromatic carbocycles. The van der Waals surface area contributed by atoms with Crippen LogP contribution in [0.25, 0.3) is 22.6 Å². The Hall–Kier alpha value is -2.42. The van der Waals surface area contributed by atoms with Gasteiger partial charge in [-0.1, -0.05) is 45.7 Å². The third-order valence-corrected chi connectivity index (χ3v) is 4.21. The maximum absolute atomic E-state index is 12.2. The van der Waals surface area contributed by atoms with Crippen molar-refractivity contribution in [2.75, 3.05) is 0 Å². The molecule has 0 bridgehead atoms. The van der Waals surface area contributed by atoms with Crippen molar-refractivity contribution in [1.29, 1.82) is 5.26 Å². The molecule has 0 aliphatic rings. The van der Waals surface area contributed by atoms with Crippen molar-refractivity contribution in [3.8, 4) is 6.07 Å². The molecule has 0 spiro atoms. The van der Waals surface area contributed by atoms with Crippen LogP contribution in [-0.2, 0) is 0 Å². The first kappa shape index (κ1) is 15.5. The monoisotopic (exact) mass is 385 g/mol. The molecule has 112 valence electrons. The van der Waals surface area contributed by atoms with Gasteiger partial charge in [0.05, 0.1) is 16.5 Å². The van der Waals surface area contributed by atoms with Gasteiger partial charge in [0, 0.05) is 9.50 Å². The Morgan fingerprint density at radius 2 is 2.09 bits per heavy atom. The summed E-state index contributed by atoms with van der Waals surface area (Å²) in [6.07, 6.45) is 1.67. The lowest BCUT2D eigenvalue weighted by atomic mass is 10.1. The molecule has 4 nitrogen and oxygen atoms in total. The number of halogens is 2. The van der Waals surface area contributed by atoms with Crippen LogP contribution >= 0.6 is 27.5 Å². The van der Waals surface area contributed by atoms with Crippen molar-refractivity contribution in [2.45, 2.75) is 0 Å². The molecule has 0 aliphatic heterocycles. The summed E-state index contributed by atoms with van der Waals surface area (Å²) in [5.74, 6) is 0.211. The molecule has 3 aromatic rings. The number of nitrogens with one attached hydrogen (secondary N) is 1. The minimum Gasteiger partial charge on any atom is -0.305 e. The van der Waals surface area contributed by atoms with Crippen LogP contribution < -0.4 is 5.56 Å². The van der Waals surface area contributed by atoms with Gasteiger partial charge < -0.3 is 4.98 Å². The van der Waals surface area contributed by atoms with Crippen LogP contribution in [0.15, 0.2) is 51.7 Å². The SMILES string of the molecule is N#C/C(=C\c1ccccc1Br)c1nc2cc(Cl)ccc2c(=O)[nH]1. The van der Waals surface area contributed by atoms with Gasteiger partial charge in [0.1, 0.15) is 6.07 Å². The summed E-state index contributed by atoms with van der Waals surface area (Å²) in [6, 6.07) is 14.4. The average Bonchev–Trinajstić information content (AvgIpc) is 2.53. The fraction of sp³-hybridized carbons (Fsp3) is 0. The predicted octanol–water partition coefficient (Wildman–Crippen LogP) is 4.40. The fourth-order valence-electron chi connectivity index (χ4n) is 2.14. The maximum atomic E-state index is 12.2. The Kier molecular flexibility index (Phi) is 4.28. The topological polar surface area (TPSA) is 69.5 Å². The smallest absolute Gasteiger partial charge is 0.259 e. The molecule has 0 fully saturated rings. The molecule has 0 atom stereocenters. The highest BCUT2D eigenvalue weighted by Crippen LogP contribution is 2.22. The molecule has 1 N–H and O–H groups in total. The molecule has 0 saturated carbocycles. The molecule has 1 heterocycles. The minimum atomic E-state index is -0.310. The zero-order valence-corrected chi connectivity index (χ0v) is 14.0. The van der Waals surface area contributed by atoms with E-state index in [2.05, 4.69) is 32.0 Å². The second kappa shape index (κ2) is 6.37. The highest BCUT2D eigenvalue weighted by atomic mass is 79.9. The van der Waals surface area contributed by atoms with Gasteiger partial charge in [0.25, 0.3) is 5.56 Å². The van der Waals surface area contributed by atoms with Gasteiger partial charge >= 0.3 is 0 Å². The van der Waals surface area contributed by atoms with Gasteiger partial charge in [0.2, 0.25) is 0 Å². The Bertz CT molecular complexity index is 1030. The van der Waals surface area contributed by atoms with Crippen molar-refractivity contribution in [2.24, 2.45) is 0 Å². The summed E-state index contributed by atoms with van der Waals surface area (Å²) in [5.41, 5.74) is 1.22. The minimum absolute atomic E-state index is 0.211. The van der Waals surface area contributed by atoms with Crippen molar-refractivity contribution in [1.82, 2.24) is 9.97 Å². The zero-order valence-electron chi connectivity index (χ0n) is 11.7. The van der Waals surface area contributed by atoms with Crippen molar-refractivity contribution >= 4 is 50.1 Å². The number of nitriles is 1. The number of hydrogen-bond acceptors (Lipinski definition) is 3. The standard InChI is InChI=1S/C17H9BrClN3O/c18-14-4-2-1-3-10(14)7-11(9-20)16-21-15-8-12(19)5-6-13(15)17(23)22-16/h1-8H,(H,21,22,23)/b11-7+. The van der Waals surface area contributed by atoms with E-state index in [4.69, 9.17) is 11.6 Å². The van der Waals surface area contributed by atoms with E-state index >= 15 is 0 Å². The van der Waals surface area contributed by atoms with Crippen LogP contribution in [0, 0.1) is 11.3 Å². The quantitative estimate of drug-likeness (QED) is 0.664. The van der Waals surface area contributed by atoms with Gasteiger partial charge in [0.15, 0.2) is 5.82 Å². The molecule has 0 aliphatic carbocycles. The van der Waals surface area contributed by atoms with Crippen LogP contribution in [-0.4, -0.2) is 9.97 Å². The summed E-state index contributed by atoms with van der Waals surface area (Å²) in [4.78, 5) is 19.2. The molecular weight excluding hydrogens is 378 g/mol. The largest absolute Gasteiger partial charge is 0.305 e. The molecule has 1 aromatic heterocycles. The Morgan fingerprint density at radius 3 is 2.83 bits per heavy atom. The van der Waals surface area contributed by atoms with E-state index in [-0.39, 0.29) is 17.0 Å². The van der Waals surface area contributed by atoms with E-state index in [1.165, 1.54) is 0 Å². The number of allylic oxidation sites excluding steroid dienone is 1. The van der Waals surface area contributed by atoms with E-state index in [1.807, 2.05) is 24.3 Å². The number of fused-ring (bicyclic) bond motifs is 1.